The van der Waals surface area contributed by atoms with Crippen LogP contribution in [0.5, 0.6) is 0 Å². The third-order valence-corrected chi connectivity index (χ3v) is 2.93. The van der Waals surface area contributed by atoms with Crippen molar-refractivity contribution in [1.29, 1.82) is 0 Å². The molecule has 0 radical (unpaired) electrons. The highest BCUT2D eigenvalue weighted by molar-refractivity contribution is 6.00. The van der Waals surface area contributed by atoms with Gasteiger partial charge in [-0.25, -0.2) is 0 Å². The van der Waals surface area contributed by atoms with Gasteiger partial charge in [0.25, 0.3) is 0 Å². The number of pyridine rings is 1. The summed E-state index contributed by atoms with van der Waals surface area (Å²) < 4.78 is 0. The minimum absolute atomic E-state index is 0.224. The Morgan fingerprint density at radius 1 is 0.938 bits per heavy atom. The first-order valence-corrected chi connectivity index (χ1v) is 5.43. The number of Topliss-reactive ketones (excluding diaryl/α,β-unsaturated/α-hetero) is 1. The molecule has 16 heavy (non-hydrogen) atoms. The molecule has 2 aromatic rings. The molecule has 0 fully saturated rings. The Bertz CT molecular complexity index is 546. The number of carbonyl (C=O) groups excluding carboxylic acids is 1. The zero-order chi connectivity index (χ0) is 11.0. The Labute approximate surface area is 94.0 Å². The van der Waals surface area contributed by atoms with E-state index in [4.69, 9.17) is 0 Å². The van der Waals surface area contributed by atoms with Crippen molar-refractivity contribution in [2.75, 3.05) is 0 Å². The topological polar surface area (TPSA) is 30.0 Å². The van der Waals surface area contributed by atoms with E-state index in [0.29, 0.717) is 6.42 Å². The number of fused-ring (bicyclic) bond motifs is 1. The van der Waals surface area contributed by atoms with Crippen molar-refractivity contribution in [2.24, 2.45) is 0 Å². The number of hydrogen-bond donors (Lipinski definition) is 0. The summed E-state index contributed by atoms with van der Waals surface area (Å²) in [5.74, 6) is 0.224. The van der Waals surface area contributed by atoms with E-state index in [1.165, 1.54) is 0 Å². The Morgan fingerprint density at radius 2 is 1.75 bits per heavy atom. The molecule has 2 nitrogen and oxygen atoms in total. The molecule has 0 aliphatic heterocycles. The van der Waals surface area contributed by atoms with Crippen LogP contribution in [0.15, 0.2) is 42.5 Å². The van der Waals surface area contributed by atoms with Crippen molar-refractivity contribution >= 4 is 5.78 Å². The van der Waals surface area contributed by atoms with Gasteiger partial charge in [-0.1, -0.05) is 30.3 Å². The van der Waals surface area contributed by atoms with Crippen LogP contribution in [0.2, 0.25) is 0 Å². The van der Waals surface area contributed by atoms with E-state index in [9.17, 15) is 4.79 Å². The lowest BCUT2D eigenvalue weighted by Crippen LogP contribution is -1.94. The van der Waals surface area contributed by atoms with Crippen molar-refractivity contribution in [3.63, 3.8) is 0 Å². The van der Waals surface area contributed by atoms with Crippen LogP contribution in [0.3, 0.4) is 0 Å². The minimum Gasteiger partial charge on any atom is -0.294 e. The zero-order valence-electron chi connectivity index (χ0n) is 8.81. The van der Waals surface area contributed by atoms with Crippen molar-refractivity contribution in [3.05, 3.63) is 53.7 Å². The van der Waals surface area contributed by atoms with Crippen LogP contribution >= 0.6 is 0 Å². The minimum atomic E-state index is 0.224. The Morgan fingerprint density at radius 3 is 2.56 bits per heavy atom. The first kappa shape index (κ1) is 9.28. The second kappa shape index (κ2) is 3.56. The van der Waals surface area contributed by atoms with Gasteiger partial charge >= 0.3 is 0 Å². The lowest BCUT2D eigenvalue weighted by Gasteiger charge is -2.03. The highest BCUT2D eigenvalue weighted by Crippen LogP contribution is 2.24. The van der Waals surface area contributed by atoms with Crippen molar-refractivity contribution in [1.82, 2.24) is 4.98 Å². The summed E-state index contributed by atoms with van der Waals surface area (Å²) in [6.07, 6.45) is 1.40. The fraction of sp³-hybridized carbons (Fsp3) is 0.143. The lowest BCUT2D eigenvalue weighted by molar-refractivity contribution is 0.0994. The van der Waals surface area contributed by atoms with E-state index < -0.39 is 0 Å². The largest absolute Gasteiger partial charge is 0.294 e. The summed E-state index contributed by atoms with van der Waals surface area (Å²) >= 11 is 0. The third-order valence-electron chi connectivity index (χ3n) is 2.93. The van der Waals surface area contributed by atoms with Crippen LogP contribution in [0, 0.1) is 0 Å². The zero-order valence-corrected chi connectivity index (χ0v) is 8.81. The van der Waals surface area contributed by atoms with E-state index in [1.807, 2.05) is 42.5 Å². The molecule has 1 aliphatic rings. The maximum absolute atomic E-state index is 11.5. The summed E-state index contributed by atoms with van der Waals surface area (Å²) in [4.78, 5) is 16.0. The molecule has 1 aromatic carbocycles. The molecule has 0 saturated heterocycles. The van der Waals surface area contributed by atoms with Gasteiger partial charge in [0, 0.05) is 17.5 Å². The summed E-state index contributed by atoms with van der Waals surface area (Å²) in [6, 6.07) is 13.9. The molecular formula is C14H11NO. The smallest absolute Gasteiger partial charge is 0.165 e. The third kappa shape index (κ3) is 1.43. The predicted octanol–water partition coefficient (Wildman–Crippen LogP) is 2.88. The van der Waals surface area contributed by atoms with Gasteiger partial charge in [-0.2, -0.15) is 0 Å². The summed E-state index contributed by atoms with van der Waals surface area (Å²) in [5, 5.41) is 0. The van der Waals surface area contributed by atoms with Crippen LogP contribution in [0.4, 0.5) is 0 Å². The van der Waals surface area contributed by atoms with Gasteiger partial charge in [-0.05, 0) is 18.6 Å². The SMILES string of the molecule is O=C1CCc2nc(-c3ccccc3)ccc21. The van der Waals surface area contributed by atoms with Gasteiger partial charge in [0.15, 0.2) is 5.78 Å². The molecule has 0 bridgehead atoms. The Hall–Kier alpha value is -1.96. The fourth-order valence-corrected chi connectivity index (χ4v) is 2.08. The molecule has 0 amide bonds. The number of carbonyl (C=O) groups is 1. The van der Waals surface area contributed by atoms with E-state index in [0.717, 1.165) is 28.9 Å². The number of aromatic nitrogens is 1. The predicted molar refractivity (Wildman–Crippen MR) is 62.3 cm³/mol. The van der Waals surface area contributed by atoms with Gasteiger partial charge in [0.2, 0.25) is 0 Å². The number of ketones is 1. The quantitative estimate of drug-likeness (QED) is 0.722. The number of benzene rings is 1. The average Bonchev–Trinajstić information content (AvgIpc) is 2.72. The van der Waals surface area contributed by atoms with Gasteiger partial charge in [0.05, 0.1) is 11.4 Å². The van der Waals surface area contributed by atoms with Gasteiger partial charge in [-0.15, -0.1) is 0 Å². The highest BCUT2D eigenvalue weighted by atomic mass is 16.1. The number of aryl methyl sites for hydroxylation is 1. The van der Waals surface area contributed by atoms with Crippen molar-refractivity contribution in [2.45, 2.75) is 12.8 Å². The normalized spacial score (nSPS) is 13.9. The van der Waals surface area contributed by atoms with E-state index in [2.05, 4.69) is 4.98 Å². The Kier molecular flexibility index (Phi) is 2.07. The van der Waals surface area contributed by atoms with Crippen LogP contribution in [-0.2, 0) is 6.42 Å². The first-order chi connectivity index (χ1) is 7.84. The van der Waals surface area contributed by atoms with E-state index >= 15 is 0 Å². The van der Waals surface area contributed by atoms with Crippen LogP contribution in [0.25, 0.3) is 11.3 Å². The van der Waals surface area contributed by atoms with Crippen LogP contribution in [-0.4, -0.2) is 10.8 Å². The molecule has 0 unspecified atom stereocenters. The average molecular weight is 209 g/mol. The second-order valence-corrected chi connectivity index (χ2v) is 3.98. The monoisotopic (exact) mass is 209 g/mol. The molecule has 0 saturated carbocycles. The van der Waals surface area contributed by atoms with Gasteiger partial charge in [-0.3, -0.25) is 9.78 Å². The molecular weight excluding hydrogens is 198 g/mol. The Balaban J connectivity index is 2.09. The van der Waals surface area contributed by atoms with Crippen LogP contribution < -0.4 is 0 Å². The molecule has 1 aromatic heterocycles. The molecule has 0 atom stereocenters. The maximum Gasteiger partial charge on any atom is 0.165 e. The highest BCUT2D eigenvalue weighted by Gasteiger charge is 2.20. The number of rotatable bonds is 1. The van der Waals surface area contributed by atoms with E-state index in [1.54, 1.807) is 0 Å². The summed E-state index contributed by atoms with van der Waals surface area (Å²) in [6.45, 7) is 0. The van der Waals surface area contributed by atoms with Gasteiger partial charge in [0.1, 0.15) is 0 Å². The fourth-order valence-electron chi connectivity index (χ4n) is 2.08. The molecule has 2 heteroatoms. The standard InChI is InChI=1S/C14H11NO/c16-14-9-8-13-11(14)6-7-12(15-13)10-4-2-1-3-5-10/h1-7H,8-9H2. The van der Waals surface area contributed by atoms with Crippen LogP contribution in [0.1, 0.15) is 22.5 Å². The molecule has 1 aliphatic carbocycles. The molecule has 3 rings (SSSR count). The summed E-state index contributed by atoms with van der Waals surface area (Å²) in [7, 11) is 0. The first-order valence-electron chi connectivity index (χ1n) is 5.43. The lowest BCUT2D eigenvalue weighted by atomic mass is 10.1. The molecule has 78 valence electrons. The maximum atomic E-state index is 11.5. The molecule has 1 heterocycles. The number of hydrogen-bond acceptors (Lipinski definition) is 2. The summed E-state index contributed by atoms with van der Waals surface area (Å²) in [5.41, 5.74) is 3.81. The molecule has 0 N–H and O–H groups in total. The number of nitrogens with zero attached hydrogens (tertiary/aromatic N) is 1. The second-order valence-electron chi connectivity index (χ2n) is 3.98. The van der Waals surface area contributed by atoms with E-state index in [-0.39, 0.29) is 5.78 Å². The van der Waals surface area contributed by atoms with Crippen molar-refractivity contribution < 1.29 is 4.79 Å². The van der Waals surface area contributed by atoms with Gasteiger partial charge < -0.3 is 0 Å². The molecule has 0 spiro atoms. The van der Waals surface area contributed by atoms with Crippen molar-refractivity contribution in [3.8, 4) is 11.3 Å².